The van der Waals surface area contributed by atoms with E-state index in [0.717, 1.165) is 24.5 Å². The van der Waals surface area contributed by atoms with Gasteiger partial charge in [-0.05, 0) is 29.8 Å². The first kappa shape index (κ1) is 21.5. The highest BCUT2D eigenvalue weighted by Crippen LogP contribution is 2.13. The molecule has 0 saturated carbocycles. The molecule has 9 nitrogen and oxygen atoms in total. The molecule has 166 valence electrons. The molecule has 1 aliphatic rings. The average molecular weight is 435 g/mol. The molecule has 1 N–H and O–H groups in total. The van der Waals surface area contributed by atoms with Gasteiger partial charge in [0.15, 0.2) is 0 Å². The zero-order valence-corrected chi connectivity index (χ0v) is 17.6. The van der Waals surface area contributed by atoms with E-state index in [1.54, 1.807) is 6.20 Å². The number of pyridine rings is 1. The van der Waals surface area contributed by atoms with Crippen LogP contribution < -0.4 is 20.5 Å². The summed E-state index contributed by atoms with van der Waals surface area (Å²) in [5.74, 6) is 1.25. The van der Waals surface area contributed by atoms with Gasteiger partial charge >= 0.3 is 0 Å². The number of hydrogen-bond donors (Lipinski definition) is 1. The number of anilines is 1. The number of rotatable bonds is 8. The van der Waals surface area contributed by atoms with E-state index in [-0.39, 0.29) is 30.3 Å². The van der Waals surface area contributed by atoms with Gasteiger partial charge in [-0.2, -0.15) is 5.10 Å². The lowest BCUT2D eigenvalue weighted by Crippen LogP contribution is -2.36. The SMILES string of the molecule is O=C(NCc1ccc(N2CCOCC2)nc1)c1ccc(=O)n(CCOc2ccccc2)n1. The summed E-state index contributed by atoms with van der Waals surface area (Å²) >= 11 is 0. The van der Waals surface area contributed by atoms with Crippen LogP contribution in [0.1, 0.15) is 16.1 Å². The van der Waals surface area contributed by atoms with Crippen molar-refractivity contribution in [2.45, 2.75) is 13.1 Å². The standard InChI is InChI=1S/C23H25N5O4/c29-22-9-7-20(26-28(22)12-15-32-19-4-2-1-3-5-19)23(30)25-17-18-6-8-21(24-16-18)27-10-13-31-14-11-27/h1-9,16H,10-15,17H2,(H,25,30). The van der Waals surface area contributed by atoms with Crippen LogP contribution in [0.15, 0.2) is 65.6 Å². The molecule has 0 unspecified atom stereocenters. The maximum atomic E-state index is 12.5. The highest BCUT2D eigenvalue weighted by atomic mass is 16.5. The van der Waals surface area contributed by atoms with Crippen molar-refractivity contribution in [1.29, 1.82) is 0 Å². The molecule has 4 rings (SSSR count). The number of carbonyl (C=O) groups is 1. The zero-order valence-electron chi connectivity index (χ0n) is 17.6. The molecule has 1 fully saturated rings. The second kappa shape index (κ2) is 10.5. The van der Waals surface area contributed by atoms with Crippen molar-refractivity contribution in [3.8, 4) is 5.75 Å². The van der Waals surface area contributed by atoms with Gasteiger partial charge < -0.3 is 19.7 Å². The Morgan fingerprint density at radius 3 is 2.62 bits per heavy atom. The minimum Gasteiger partial charge on any atom is -0.492 e. The van der Waals surface area contributed by atoms with E-state index < -0.39 is 0 Å². The van der Waals surface area contributed by atoms with Crippen LogP contribution >= 0.6 is 0 Å². The van der Waals surface area contributed by atoms with E-state index in [1.165, 1.54) is 16.8 Å². The van der Waals surface area contributed by atoms with Gasteiger partial charge in [0.1, 0.15) is 23.9 Å². The molecule has 0 aliphatic carbocycles. The second-order valence-electron chi connectivity index (χ2n) is 7.25. The lowest BCUT2D eigenvalue weighted by Gasteiger charge is -2.27. The number of hydrogen-bond acceptors (Lipinski definition) is 7. The third-order valence-electron chi connectivity index (χ3n) is 5.01. The van der Waals surface area contributed by atoms with E-state index >= 15 is 0 Å². The average Bonchev–Trinajstić information content (AvgIpc) is 2.85. The molecule has 32 heavy (non-hydrogen) atoms. The van der Waals surface area contributed by atoms with Crippen LogP contribution in [0.5, 0.6) is 5.75 Å². The van der Waals surface area contributed by atoms with Crippen molar-refractivity contribution in [2.24, 2.45) is 0 Å². The Balaban J connectivity index is 1.31. The van der Waals surface area contributed by atoms with E-state index in [4.69, 9.17) is 9.47 Å². The molecular weight excluding hydrogens is 410 g/mol. The number of morpholine rings is 1. The van der Waals surface area contributed by atoms with Gasteiger partial charge in [0, 0.05) is 31.9 Å². The highest BCUT2D eigenvalue weighted by Gasteiger charge is 2.13. The fourth-order valence-corrected chi connectivity index (χ4v) is 3.27. The Hall–Kier alpha value is -3.72. The summed E-state index contributed by atoms with van der Waals surface area (Å²) in [6.07, 6.45) is 1.75. The van der Waals surface area contributed by atoms with E-state index in [1.807, 2.05) is 42.5 Å². The Morgan fingerprint density at radius 2 is 1.88 bits per heavy atom. The monoisotopic (exact) mass is 435 g/mol. The van der Waals surface area contributed by atoms with Gasteiger partial charge in [-0.15, -0.1) is 0 Å². The number of nitrogens with one attached hydrogen (secondary N) is 1. The summed E-state index contributed by atoms with van der Waals surface area (Å²) in [4.78, 5) is 31.2. The van der Waals surface area contributed by atoms with Crippen LogP contribution in [-0.4, -0.2) is 53.6 Å². The van der Waals surface area contributed by atoms with Crippen LogP contribution in [0.2, 0.25) is 0 Å². The van der Waals surface area contributed by atoms with Crippen LogP contribution in [-0.2, 0) is 17.8 Å². The lowest BCUT2D eigenvalue weighted by atomic mass is 10.2. The summed E-state index contributed by atoms with van der Waals surface area (Å²) in [5.41, 5.74) is 0.753. The Kier molecular flexibility index (Phi) is 7.08. The summed E-state index contributed by atoms with van der Waals surface area (Å²) in [6, 6.07) is 16.0. The summed E-state index contributed by atoms with van der Waals surface area (Å²) < 4.78 is 12.2. The van der Waals surface area contributed by atoms with E-state index in [2.05, 4.69) is 20.3 Å². The topological polar surface area (TPSA) is 98.6 Å². The largest absolute Gasteiger partial charge is 0.492 e. The molecular formula is C23H25N5O4. The van der Waals surface area contributed by atoms with E-state index in [9.17, 15) is 9.59 Å². The van der Waals surface area contributed by atoms with Crippen molar-refractivity contribution in [2.75, 3.05) is 37.8 Å². The third-order valence-corrected chi connectivity index (χ3v) is 5.01. The number of carbonyl (C=O) groups excluding carboxylic acids is 1. The number of para-hydroxylation sites is 1. The van der Waals surface area contributed by atoms with Crippen molar-refractivity contribution in [3.63, 3.8) is 0 Å². The molecule has 0 atom stereocenters. The molecule has 3 aromatic rings. The second-order valence-corrected chi connectivity index (χ2v) is 7.25. The molecule has 2 aromatic heterocycles. The maximum absolute atomic E-state index is 12.5. The van der Waals surface area contributed by atoms with Crippen LogP contribution in [0.4, 0.5) is 5.82 Å². The number of nitrogens with zero attached hydrogens (tertiary/aromatic N) is 4. The van der Waals surface area contributed by atoms with Crippen molar-refractivity contribution in [1.82, 2.24) is 20.1 Å². The quantitative estimate of drug-likeness (QED) is 0.572. The molecule has 1 aliphatic heterocycles. The molecule has 0 spiro atoms. The zero-order chi connectivity index (χ0) is 22.2. The first-order valence-corrected chi connectivity index (χ1v) is 10.5. The minimum absolute atomic E-state index is 0.169. The van der Waals surface area contributed by atoms with Gasteiger partial charge in [-0.3, -0.25) is 9.59 Å². The normalized spacial score (nSPS) is 13.6. The molecule has 0 radical (unpaired) electrons. The Morgan fingerprint density at radius 1 is 1.06 bits per heavy atom. The molecule has 1 amide bonds. The fraction of sp³-hybridized carbons (Fsp3) is 0.304. The van der Waals surface area contributed by atoms with Crippen LogP contribution in [0, 0.1) is 0 Å². The van der Waals surface area contributed by atoms with Crippen LogP contribution in [0.25, 0.3) is 0 Å². The number of benzene rings is 1. The molecule has 3 heterocycles. The molecule has 1 aromatic carbocycles. The van der Waals surface area contributed by atoms with Crippen molar-refractivity contribution >= 4 is 11.7 Å². The number of amides is 1. The third kappa shape index (κ3) is 5.70. The van der Waals surface area contributed by atoms with Gasteiger partial charge in [0.2, 0.25) is 0 Å². The first-order valence-electron chi connectivity index (χ1n) is 10.5. The lowest BCUT2D eigenvalue weighted by molar-refractivity contribution is 0.0942. The van der Waals surface area contributed by atoms with Gasteiger partial charge in [0.05, 0.1) is 19.8 Å². The number of aromatic nitrogens is 3. The summed E-state index contributed by atoms with van der Waals surface area (Å²) in [7, 11) is 0. The highest BCUT2D eigenvalue weighted by molar-refractivity contribution is 5.91. The predicted molar refractivity (Wildman–Crippen MR) is 119 cm³/mol. The van der Waals surface area contributed by atoms with Crippen molar-refractivity contribution in [3.05, 3.63) is 82.4 Å². The van der Waals surface area contributed by atoms with Crippen LogP contribution in [0.3, 0.4) is 0 Å². The number of ether oxygens (including phenoxy) is 2. The minimum atomic E-state index is -0.361. The summed E-state index contributed by atoms with van der Waals surface area (Å²) in [6.45, 7) is 3.86. The fourth-order valence-electron chi connectivity index (χ4n) is 3.27. The van der Waals surface area contributed by atoms with Gasteiger partial charge in [-0.1, -0.05) is 24.3 Å². The Labute approximate surface area is 185 Å². The molecule has 9 heteroatoms. The molecule has 1 saturated heterocycles. The molecule has 0 bridgehead atoms. The predicted octanol–water partition coefficient (Wildman–Crippen LogP) is 1.48. The first-order chi connectivity index (χ1) is 15.7. The van der Waals surface area contributed by atoms with E-state index in [0.29, 0.717) is 25.5 Å². The summed E-state index contributed by atoms with van der Waals surface area (Å²) in [5, 5.41) is 6.99. The van der Waals surface area contributed by atoms with Gasteiger partial charge in [0.25, 0.3) is 11.5 Å². The van der Waals surface area contributed by atoms with Crippen molar-refractivity contribution < 1.29 is 14.3 Å². The Bertz CT molecular complexity index is 1080. The maximum Gasteiger partial charge on any atom is 0.271 e. The smallest absolute Gasteiger partial charge is 0.271 e. The van der Waals surface area contributed by atoms with Gasteiger partial charge in [-0.25, -0.2) is 9.67 Å².